The fraction of sp³-hybridized carbons (Fsp3) is 0.227. The van der Waals surface area contributed by atoms with Crippen LogP contribution in [0.5, 0.6) is 0 Å². The van der Waals surface area contributed by atoms with E-state index in [0.717, 1.165) is 11.1 Å². The van der Waals surface area contributed by atoms with Gasteiger partial charge in [0.1, 0.15) is 18.3 Å². The number of esters is 1. The number of allylic oxidation sites excluding steroid dienone is 1. The van der Waals surface area contributed by atoms with Crippen LogP contribution in [0.1, 0.15) is 18.1 Å². The molecule has 2 aromatic carbocycles. The zero-order valence-corrected chi connectivity index (χ0v) is 16.4. The average Bonchev–Trinajstić information content (AvgIpc) is 2.76. The van der Waals surface area contributed by atoms with Crippen molar-refractivity contribution in [3.05, 3.63) is 83.6 Å². The van der Waals surface area contributed by atoms with Crippen LogP contribution in [0.25, 0.3) is 0 Å². The van der Waals surface area contributed by atoms with Gasteiger partial charge in [-0.1, -0.05) is 66.7 Å². The summed E-state index contributed by atoms with van der Waals surface area (Å²) in [5, 5.41) is 5.06. The number of nitrogens with one attached hydrogen (secondary N) is 2. The molecule has 0 spiro atoms. The summed E-state index contributed by atoms with van der Waals surface area (Å²) in [6.45, 7) is 1.68. The molecule has 2 rings (SSSR count). The van der Waals surface area contributed by atoms with Crippen molar-refractivity contribution in [1.82, 2.24) is 10.6 Å². The highest BCUT2D eigenvalue weighted by molar-refractivity contribution is 5.96. The third-order valence-electron chi connectivity index (χ3n) is 4.06. The van der Waals surface area contributed by atoms with Crippen molar-refractivity contribution < 1.29 is 23.9 Å². The molecule has 7 nitrogen and oxygen atoms in total. The summed E-state index contributed by atoms with van der Waals surface area (Å²) >= 11 is 0. The van der Waals surface area contributed by atoms with E-state index in [9.17, 15) is 14.4 Å². The smallest absolute Gasteiger partial charge is 0.408 e. The first-order valence-electron chi connectivity index (χ1n) is 9.10. The van der Waals surface area contributed by atoms with Crippen LogP contribution in [0.2, 0.25) is 0 Å². The standard InChI is InChI=1S/C22H24N2O5/c1-3-18(21(26)28-2)23-20(25)19(14-16-10-6-4-7-11-16)24-22(27)29-15-17-12-8-5-9-13-17/h3-13,19H,14-15H2,1-2H3,(H,23,25)(H,24,27)/b18-3-/t19-/m0/s1. The second-order valence-corrected chi connectivity index (χ2v) is 6.13. The van der Waals surface area contributed by atoms with Crippen LogP contribution in [-0.4, -0.2) is 31.1 Å². The van der Waals surface area contributed by atoms with Gasteiger partial charge in [0.25, 0.3) is 0 Å². The van der Waals surface area contributed by atoms with Gasteiger partial charge in [-0.3, -0.25) is 4.79 Å². The van der Waals surface area contributed by atoms with Gasteiger partial charge in [-0.05, 0) is 18.1 Å². The van der Waals surface area contributed by atoms with Crippen LogP contribution in [0.15, 0.2) is 72.4 Å². The second-order valence-electron chi connectivity index (χ2n) is 6.13. The maximum atomic E-state index is 12.7. The summed E-state index contributed by atoms with van der Waals surface area (Å²) < 4.78 is 9.85. The first-order valence-corrected chi connectivity index (χ1v) is 9.10. The SMILES string of the molecule is C/C=C(\NC(=O)[C@H](Cc1ccccc1)NC(=O)OCc1ccccc1)C(=O)OC. The number of methoxy groups -OCH3 is 1. The van der Waals surface area contributed by atoms with Crippen molar-refractivity contribution >= 4 is 18.0 Å². The van der Waals surface area contributed by atoms with Crippen molar-refractivity contribution in [3.8, 4) is 0 Å². The van der Waals surface area contributed by atoms with Gasteiger partial charge in [0.15, 0.2) is 0 Å². The van der Waals surface area contributed by atoms with Crippen LogP contribution >= 0.6 is 0 Å². The predicted octanol–water partition coefficient (Wildman–Crippen LogP) is 2.72. The molecule has 0 fully saturated rings. The molecule has 0 aliphatic rings. The lowest BCUT2D eigenvalue weighted by molar-refractivity contribution is -0.138. The van der Waals surface area contributed by atoms with Crippen molar-refractivity contribution in [3.63, 3.8) is 0 Å². The van der Waals surface area contributed by atoms with E-state index in [4.69, 9.17) is 4.74 Å². The summed E-state index contributed by atoms with van der Waals surface area (Å²) in [5.74, 6) is -1.23. The van der Waals surface area contributed by atoms with E-state index >= 15 is 0 Å². The highest BCUT2D eigenvalue weighted by Crippen LogP contribution is 2.06. The van der Waals surface area contributed by atoms with Crippen molar-refractivity contribution in [1.29, 1.82) is 0 Å². The molecule has 0 aliphatic heterocycles. The minimum absolute atomic E-state index is 0.00462. The Morgan fingerprint density at radius 3 is 2.10 bits per heavy atom. The Labute approximate surface area is 169 Å². The Morgan fingerprint density at radius 1 is 0.966 bits per heavy atom. The normalized spacial score (nSPS) is 11.9. The van der Waals surface area contributed by atoms with Gasteiger partial charge in [-0.25, -0.2) is 9.59 Å². The van der Waals surface area contributed by atoms with E-state index in [-0.39, 0.29) is 18.7 Å². The molecule has 2 aromatic rings. The largest absolute Gasteiger partial charge is 0.464 e. The molecule has 0 aromatic heterocycles. The summed E-state index contributed by atoms with van der Waals surface area (Å²) in [7, 11) is 1.22. The number of carbonyl (C=O) groups excluding carboxylic acids is 3. The molecule has 0 unspecified atom stereocenters. The topological polar surface area (TPSA) is 93.7 Å². The summed E-state index contributed by atoms with van der Waals surface area (Å²) in [6, 6.07) is 17.5. The molecule has 7 heteroatoms. The van der Waals surface area contributed by atoms with Gasteiger partial charge in [0, 0.05) is 6.42 Å². The number of carbonyl (C=O) groups is 3. The molecular formula is C22H24N2O5. The van der Waals surface area contributed by atoms with Crippen LogP contribution in [-0.2, 0) is 32.1 Å². The zero-order chi connectivity index (χ0) is 21.1. The summed E-state index contributed by atoms with van der Waals surface area (Å²) in [6.07, 6.45) is 0.924. The van der Waals surface area contributed by atoms with Gasteiger partial charge < -0.3 is 20.1 Å². The fourth-order valence-corrected chi connectivity index (χ4v) is 2.54. The van der Waals surface area contributed by atoms with Crippen LogP contribution < -0.4 is 10.6 Å². The number of rotatable bonds is 8. The molecule has 0 aliphatic carbocycles. The fourth-order valence-electron chi connectivity index (χ4n) is 2.54. The quantitative estimate of drug-likeness (QED) is 0.529. The molecule has 2 amide bonds. The first kappa shape index (κ1) is 21.7. The summed E-state index contributed by atoms with van der Waals surface area (Å²) in [5.41, 5.74) is 1.67. The number of hydrogen-bond acceptors (Lipinski definition) is 5. The predicted molar refractivity (Wildman–Crippen MR) is 108 cm³/mol. The number of ether oxygens (including phenoxy) is 2. The number of hydrogen-bond donors (Lipinski definition) is 2. The van der Waals surface area contributed by atoms with Crippen molar-refractivity contribution in [2.75, 3.05) is 7.11 Å². The lowest BCUT2D eigenvalue weighted by Gasteiger charge is -2.19. The Balaban J connectivity index is 2.06. The molecule has 1 atom stereocenters. The number of alkyl carbamates (subject to hydrolysis) is 1. The Bertz CT molecular complexity index is 850. The first-order chi connectivity index (χ1) is 14.0. The van der Waals surface area contributed by atoms with Gasteiger partial charge >= 0.3 is 12.1 Å². The molecule has 152 valence electrons. The second kappa shape index (κ2) is 11.3. The minimum atomic E-state index is -0.944. The van der Waals surface area contributed by atoms with E-state index in [2.05, 4.69) is 15.4 Å². The lowest BCUT2D eigenvalue weighted by Crippen LogP contribution is -2.48. The minimum Gasteiger partial charge on any atom is -0.464 e. The lowest BCUT2D eigenvalue weighted by atomic mass is 10.1. The molecule has 0 bridgehead atoms. The van der Waals surface area contributed by atoms with Gasteiger partial charge in [-0.15, -0.1) is 0 Å². The van der Waals surface area contributed by atoms with Crippen LogP contribution in [0.4, 0.5) is 4.79 Å². The van der Waals surface area contributed by atoms with Crippen LogP contribution in [0, 0.1) is 0 Å². The van der Waals surface area contributed by atoms with Crippen molar-refractivity contribution in [2.24, 2.45) is 0 Å². The van der Waals surface area contributed by atoms with E-state index < -0.39 is 24.0 Å². The zero-order valence-electron chi connectivity index (χ0n) is 16.4. The summed E-state index contributed by atoms with van der Waals surface area (Å²) in [4.78, 5) is 36.7. The Morgan fingerprint density at radius 2 is 1.55 bits per heavy atom. The van der Waals surface area contributed by atoms with Gasteiger partial charge in [0.2, 0.25) is 5.91 Å². The maximum absolute atomic E-state index is 12.7. The molecule has 0 saturated heterocycles. The van der Waals surface area contributed by atoms with Gasteiger partial charge in [0.05, 0.1) is 7.11 Å². The monoisotopic (exact) mass is 396 g/mol. The Hall–Kier alpha value is -3.61. The highest BCUT2D eigenvalue weighted by atomic mass is 16.5. The third-order valence-corrected chi connectivity index (χ3v) is 4.06. The molecule has 29 heavy (non-hydrogen) atoms. The third kappa shape index (κ3) is 7.14. The molecular weight excluding hydrogens is 372 g/mol. The molecule has 0 saturated carbocycles. The molecule has 0 heterocycles. The Kier molecular flexibility index (Phi) is 8.44. The van der Waals surface area contributed by atoms with E-state index in [1.165, 1.54) is 13.2 Å². The number of amides is 2. The van der Waals surface area contributed by atoms with E-state index in [1.54, 1.807) is 6.92 Å². The number of benzene rings is 2. The van der Waals surface area contributed by atoms with E-state index in [1.807, 2.05) is 60.7 Å². The molecule has 2 N–H and O–H groups in total. The molecule has 0 radical (unpaired) electrons. The van der Waals surface area contributed by atoms with E-state index in [0.29, 0.717) is 0 Å². The highest BCUT2D eigenvalue weighted by Gasteiger charge is 2.24. The van der Waals surface area contributed by atoms with Crippen LogP contribution in [0.3, 0.4) is 0 Å². The van der Waals surface area contributed by atoms with Crippen molar-refractivity contribution in [2.45, 2.75) is 26.0 Å². The average molecular weight is 396 g/mol. The van der Waals surface area contributed by atoms with Gasteiger partial charge in [-0.2, -0.15) is 0 Å². The maximum Gasteiger partial charge on any atom is 0.408 e.